The zero-order valence-electron chi connectivity index (χ0n) is 18.0. The summed E-state index contributed by atoms with van der Waals surface area (Å²) in [6.07, 6.45) is 4.48. The van der Waals surface area contributed by atoms with Crippen molar-refractivity contribution in [1.29, 1.82) is 0 Å². The molecule has 33 heavy (non-hydrogen) atoms. The number of halogens is 3. The Morgan fingerprint density at radius 1 is 1.09 bits per heavy atom. The van der Waals surface area contributed by atoms with E-state index in [2.05, 4.69) is 10.1 Å². The predicted molar refractivity (Wildman–Crippen MR) is 118 cm³/mol. The van der Waals surface area contributed by atoms with Crippen LogP contribution < -0.4 is 0 Å². The van der Waals surface area contributed by atoms with E-state index in [9.17, 15) is 18.0 Å². The molecule has 0 fully saturated rings. The van der Waals surface area contributed by atoms with Crippen molar-refractivity contribution in [3.8, 4) is 22.6 Å². The van der Waals surface area contributed by atoms with Crippen molar-refractivity contribution in [2.45, 2.75) is 26.3 Å². The SMILES string of the molecule is CCCCOC(=O)N1CC=C(c2cc(-c3ccc(F)cc3)nc(-c3ccn(C(F)F)n3)c2)C1. The second-order valence-electron chi connectivity index (χ2n) is 7.67. The Morgan fingerprint density at radius 2 is 1.85 bits per heavy atom. The van der Waals surface area contributed by atoms with Gasteiger partial charge in [0, 0.05) is 24.8 Å². The third kappa shape index (κ3) is 5.24. The van der Waals surface area contributed by atoms with Crippen molar-refractivity contribution in [1.82, 2.24) is 19.7 Å². The molecule has 3 heterocycles. The monoisotopic (exact) mass is 456 g/mol. The summed E-state index contributed by atoms with van der Waals surface area (Å²) in [5.74, 6) is -0.374. The fourth-order valence-electron chi connectivity index (χ4n) is 3.50. The number of hydrogen-bond acceptors (Lipinski definition) is 4. The van der Waals surface area contributed by atoms with Crippen LogP contribution >= 0.6 is 0 Å². The van der Waals surface area contributed by atoms with Crippen LogP contribution in [0.2, 0.25) is 0 Å². The number of hydrogen-bond donors (Lipinski definition) is 0. The molecule has 9 heteroatoms. The molecule has 4 rings (SSSR count). The first-order chi connectivity index (χ1) is 15.9. The van der Waals surface area contributed by atoms with Crippen molar-refractivity contribution in [3.63, 3.8) is 0 Å². The van der Waals surface area contributed by atoms with Gasteiger partial charge in [-0.1, -0.05) is 19.4 Å². The molecule has 0 N–H and O–H groups in total. The average Bonchev–Trinajstić information content (AvgIpc) is 3.50. The molecule has 2 aromatic heterocycles. The summed E-state index contributed by atoms with van der Waals surface area (Å²) < 4.78 is 45.3. The standard InChI is InChI=1S/C24H23F3N4O2/c1-2-3-12-33-24(32)30-10-8-17(15-30)18-13-21(16-4-6-19(25)7-5-16)28-22(14-18)20-9-11-31(29-20)23(26)27/h4-9,11,13-14,23H,2-3,10,12,15H2,1H3. The van der Waals surface area contributed by atoms with Crippen molar-refractivity contribution in [2.24, 2.45) is 0 Å². The number of benzene rings is 1. The molecule has 0 aliphatic carbocycles. The molecule has 0 atom stereocenters. The first-order valence-corrected chi connectivity index (χ1v) is 10.7. The zero-order valence-corrected chi connectivity index (χ0v) is 18.0. The molecular formula is C24H23F3N4O2. The van der Waals surface area contributed by atoms with Crippen LogP contribution in [-0.2, 0) is 4.74 Å². The van der Waals surface area contributed by atoms with Crippen LogP contribution in [0.3, 0.4) is 0 Å². The number of nitrogens with zero attached hydrogens (tertiary/aromatic N) is 4. The Kier molecular flexibility index (Phi) is 6.76. The highest BCUT2D eigenvalue weighted by atomic mass is 19.3. The second-order valence-corrected chi connectivity index (χ2v) is 7.67. The van der Waals surface area contributed by atoms with Crippen molar-refractivity contribution in [2.75, 3.05) is 19.7 Å². The van der Waals surface area contributed by atoms with Crippen LogP contribution in [0.15, 0.2) is 54.7 Å². The molecule has 0 saturated heterocycles. The van der Waals surface area contributed by atoms with Gasteiger partial charge in [0.15, 0.2) is 0 Å². The van der Waals surface area contributed by atoms with Crippen molar-refractivity contribution >= 4 is 11.7 Å². The highest BCUT2D eigenvalue weighted by Crippen LogP contribution is 2.30. The number of amides is 1. The summed E-state index contributed by atoms with van der Waals surface area (Å²) in [5.41, 5.74) is 3.55. The number of rotatable bonds is 7. The summed E-state index contributed by atoms with van der Waals surface area (Å²) in [6, 6.07) is 10.9. The molecule has 3 aromatic rings. The van der Waals surface area contributed by atoms with Crippen LogP contribution in [0.25, 0.3) is 28.2 Å². The highest BCUT2D eigenvalue weighted by molar-refractivity contribution is 5.80. The molecule has 0 spiro atoms. The molecule has 0 unspecified atom stereocenters. The summed E-state index contributed by atoms with van der Waals surface area (Å²) in [5, 5.41) is 3.92. The molecular weight excluding hydrogens is 433 g/mol. The van der Waals surface area contributed by atoms with Gasteiger partial charge in [-0.05, 0) is 60.0 Å². The Labute approximate surface area is 189 Å². The van der Waals surface area contributed by atoms with Gasteiger partial charge in [-0.3, -0.25) is 0 Å². The van der Waals surface area contributed by atoms with Crippen LogP contribution in [0.5, 0.6) is 0 Å². The van der Waals surface area contributed by atoms with Gasteiger partial charge in [-0.25, -0.2) is 18.9 Å². The normalized spacial score (nSPS) is 13.5. The van der Waals surface area contributed by atoms with E-state index in [1.807, 2.05) is 19.1 Å². The Hall–Kier alpha value is -3.62. The quantitative estimate of drug-likeness (QED) is 0.423. The fourth-order valence-corrected chi connectivity index (χ4v) is 3.50. The summed E-state index contributed by atoms with van der Waals surface area (Å²) >= 11 is 0. The maximum Gasteiger partial charge on any atom is 0.410 e. The molecule has 0 bridgehead atoms. The number of ether oxygens (including phenoxy) is 1. The third-order valence-corrected chi connectivity index (χ3v) is 5.31. The number of unbranched alkanes of at least 4 members (excludes halogenated alkanes) is 1. The van der Waals surface area contributed by atoms with E-state index < -0.39 is 6.55 Å². The Morgan fingerprint density at radius 3 is 2.55 bits per heavy atom. The minimum Gasteiger partial charge on any atom is -0.449 e. The number of pyridine rings is 1. The van der Waals surface area contributed by atoms with Gasteiger partial charge in [-0.15, -0.1) is 0 Å². The molecule has 172 valence electrons. The van der Waals surface area contributed by atoms with E-state index in [1.54, 1.807) is 23.1 Å². The lowest BCUT2D eigenvalue weighted by Crippen LogP contribution is -2.29. The second kappa shape index (κ2) is 9.89. The maximum absolute atomic E-state index is 13.4. The van der Waals surface area contributed by atoms with Crippen molar-refractivity contribution in [3.05, 3.63) is 66.1 Å². The molecule has 1 aromatic carbocycles. The van der Waals surface area contributed by atoms with E-state index in [0.29, 0.717) is 41.3 Å². The Balaban J connectivity index is 1.65. The van der Waals surface area contributed by atoms with E-state index in [0.717, 1.165) is 24.0 Å². The van der Waals surface area contributed by atoms with E-state index in [4.69, 9.17) is 4.74 Å². The number of carbonyl (C=O) groups excluding carboxylic acids is 1. The average molecular weight is 456 g/mol. The molecule has 1 amide bonds. The largest absolute Gasteiger partial charge is 0.449 e. The lowest BCUT2D eigenvalue weighted by atomic mass is 10.0. The van der Waals surface area contributed by atoms with Gasteiger partial charge in [0.1, 0.15) is 11.5 Å². The number of carbonyl (C=O) groups is 1. The van der Waals surface area contributed by atoms with Crippen LogP contribution in [-0.4, -0.2) is 45.5 Å². The summed E-state index contributed by atoms with van der Waals surface area (Å²) in [7, 11) is 0. The number of aromatic nitrogens is 3. The van der Waals surface area contributed by atoms with E-state index >= 15 is 0 Å². The maximum atomic E-state index is 13.4. The molecule has 6 nitrogen and oxygen atoms in total. The zero-order chi connectivity index (χ0) is 23.4. The predicted octanol–water partition coefficient (Wildman–Crippen LogP) is 5.78. The first kappa shape index (κ1) is 22.6. The summed E-state index contributed by atoms with van der Waals surface area (Å²) in [4.78, 5) is 18.5. The first-order valence-electron chi connectivity index (χ1n) is 10.7. The van der Waals surface area contributed by atoms with Crippen LogP contribution in [0, 0.1) is 5.82 Å². The van der Waals surface area contributed by atoms with Crippen LogP contribution in [0.4, 0.5) is 18.0 Å². The Bertz CT molecular complexity index is 1160. The molecule has 0 saturated carbocycles. The topological polar surface area (TPSA) is 60.2 Å². The minimum absolute atomic E-state index is 0.287. The van der Waals surface area contributed by atoms with Gasteiger partial charge in [0.25, 0.3) is 0 Å². The van der Waals surface area contributed by atoms with Gasteiger partial charge in [0.05, 0.1) is 18.0 Å². The van der Waals surface area contributed by atoms with Crippen molar-refractivity contribution < 1.29 is 22.7 Å². The fraction of sp³-hybridized carbons (Fsp3) is 0.292. The number of alkyl halides is 2. The van der Waals surface area contributed by atoms with Gasteiger partial charge in [0.2, 0.25) is 0 Å². The smallest absolute Gasteiger partial charge is 0.410 e. The summed E-state index contributed by atoms with van der Waals surface area (Å²) in [6.45, 7) is 0.394. The van der Waals surface area contributed by atoms with Gasteiger partial charge in [-0.2, -0.15) is 13.9 Å². The minimum atomic E-state index is -2.76. The molecule has 1 aliphatic rings. The van der Waals surface area contributed by atoms with Gasteiger partial charge >= 0.3 is 12.6 Å². The molecule has 1 aliphatic heterocycles. The van der Waals surface area contributed by atoms with E-state index in [-0.39, 0.29) is 17.6 Å². The highest BCUT2D eigenvalue weighted by Gasteiger charge is 2.23. The lowest BCUT2D eigenvalue weighted by molar-refractivity contribution is 0.0568. The van der Waals surface area contributed by atoms with Gasteiger partial charge < -0.3 is 9.64 Å². The van der Waals surface area contributed by atoms with E-state index in [1.165, 1.54) is 24.4 Å². The molecule has 0 radical (unpaired) electrons. The lowest BCUT2D eigenvalue weighted by Gasteiger charge is -2.16. The van der Waals surface area contributed by atoms with Crippen LogP contribution in [0.1, 0.15) is 31.9 Å². The third-order valence-electron chi connectivity index (χ3n) is 5.31.